The van der Waals surface area contributed by atoms with Crippen LogP contribution in [0.3, 0.4) is 0 Å². The molecule has 0 amide bonds. The molecule has 4 aromatic carbocycles. The summed E-state index contributed by atoms with van der Waals surface area (Å²) in [5.41, 5.74) is 3.59. The third-order valence-corrected chi connectivity index (χ3v) is 7.54. The van der Waals surface area contributed by atoms with Crippen molar-refractivity contribution in [1.82, 2.24) is 0 Å². The number of carbonyl (C=O) groups excluding carboxylic acids is 1. The zero-order valence-corrected chi connectivity index (χ0v) is 24.8. The van der Waals surface area contributed by atoms with E-state index in [1.807, 2.05) is 109 Å². The summed E-state index contributed by atoms with van der Waals surface area (Å²) in [6.45, 7) is 5.55. The van der Waals surface area contributed by atoms with Crippen LogP contribution in [-0.4, -0.2) is 43.1 Å². The van der Waals surface area contributed by atoms with Crippen LogP contribution in [0.4, 0.5) is 0 Å². The molecule has 1 fully saturated rings. The highest BCUT2D eigenvalue weighted by atomic mass is 16.6. The minimum absolute atomic E-state index is 0.0306. The molecular formula is C37H40O6. The van der Waals surface area contributed by atoms with Gasteiger partial charge in [-0.2, -0.15) is 0 Å². The van der Waals surface area contributed by atoms with Gasteiger partial charge in [-0.15, -0.1) is 0 Å². The number of benzene rings is 4. The zero-order valence-electron chi connectivity index (χ0n) is 24.8. The fourth-order valence-electron chi connectivity index (χ4n) is 5.31. The SMILES string of the molecule is CC(C)C1O[C@H](COCc2ccccc2)[C@H](OCc2ccccc2)[C@H](OCc2ccccc2)[C@H]1OC(=O)c1ccccc1. The van der Waals surface area contributed by atoms with Crippen molar-refractivity contribution in [2.24, 2.45) is 5.92 Å². The van der Waals surface area contributed by atoms with Crippen LogP contribution in [-0.2, 0) is 43.5 Å². The first kappa shape index (κ1) is 30.6. The summed E-state index contributed by atoms with van der Waals surface area (Å²) in [7, 11) is 0. The highest BCUT2D eigenvalue weighted by molar-refractivity contribution is 5.89. The molecule has 4 aromatic rings. The molecular weight excluding hydrogens is 540 g/mol. The van der Waals surface area contributed by atoms with Gasteiger partial charge in [-0.25, -0.2) is 4.79 Å². The van der Waals surface area contributed by atoms with E-state index in [2.05, 4.69) is 13.8 Å². The molecule has 1 unspecified atom stereocenters. The predicted molar refractivity (Wildman–Crippen MR) is 165 cm³/mol. The lowest BCUT2D eigenvalue weighted by molar-refractivity contribution is -0.267. The quantitative estimate of drug-likeness (QED) is 0.158. The molecule has 5 atom stereocenters. The third kappa shape index (κ3) is 8.62. The van der Waals surface area contributed by atoms with E-state index in [0.29, 0.717) is 32.0 Å². The molecule has 1 heterocycles. The standard InChI is InChI=1S/C37H40O6/c1-27(2)33-36(43-37(38)31-21-13-6-14-22-31)35(41-25-30-19-11-5-12-20-30)34(40-24-29-17-9-4-10-18-29)32(42-33)26-39-23-28-15-7-3-8-16-28/h3-22,27,32-36H,23-26H2,1-2H3/t32-,33?,34+,35+,36+/m1/s1. The van der Waals surface area contributed by atoms with E-state index in [0.717, 1.165) is 16.7 Å². The van der Waals surface area contributed by atoms with Crippen molar-refractivity contribution in [3.05, 3.63) is 144 Å². The van der Waals surface area contributed by atoms with Gasteiger partial charge in [0.05, 0.1) is 32.0 Å². The average Bonchev–Trinajstić information content (AvgIpc) is 3.05. The summed E-state index contributed by atoms with van der Waals surface area (Å²) in [6, 6.07) is 39.0. The van der Waals surface area contributed by atoms with Gasteiger partial charge in [0.25, 0.3) is 0 Å². The summed E-state index contributed by atoms with van der Waals surface area (Å²) < 4.78 is 32.4. The molecule has 0 aromatic heterocycles. The van der Waals surface area contributed by atoms with E-state index in [1.54, 1.807) is 12.1 Å². The molecule has 43 heavy (non-hydrogen) atoms. The summed E-state index contributed by atoms with van der Waals surface area (Å²) in [6.07, 6.45) is -2.77. The Morgan fingerprint density at radius 1 is 0.628 bits per heavy atom. The van der Waals surface area contributed by atoms with Gasteiger partial charge in [0.2, 0.25) is 0 Å². The number of hydrogen-bond donors (Lipinski definition) is 0. The summed E-state index contributed by atoms with van der Waals surface area (Å²) in [4.78, 5) is 13.4. The lowest BCUT2D eigenvalue weighted by Crippen LogP contribution is -2.62. The van der Waals surface area contributed by atoms with Gasteiger partial charge < -0.3 is 23.7 Å². The number of ether oxygens (including phenoxy) is 5. The number of hydrogen-bond acceptors (Lipinski definition) is 6. The summed E-state index contributed by atoms with van der Waals surface area (Å²) >= 11 is 0. The fourth-order valence-corrected chi connectivity index (χ4v) is 5.31. The highest BCUT2D eigenvalue weighted by Crippen LogP contribution is 2.34. The molecule has 1 saturated heterocycles. The van der Waals surface area contributed by atoms with E-state index in [1.165, 1.54) is 0 Å². The molecule has 0 radical (unpaired) electrons. The second-order valence-electron chi connectivity index (χ2n) is 11.1. The Morgan fingerprint density at radius 2 is 1.09 bits per heavy atom. The van der Waals surface area contributed by atoms with Gasteiger partial charge in [-0.3, -0.25) is 0 Å². The van der Waals surface area contributed by atoms with Gasteiger partial charge in [0.15, 0.2) is 6.10 Å². The molecule has 6 heteroatoms. The Morgan fingerprint density at radius 3 is 1.60 bits per heavy atom. The van der Waals surface area contributed by atoms with E-state index in [9.17, 15) is 4.79 Å². The van der Waals surface area contributed by atoms with Crippen LogP contribution >= 0.6 is 0 Å². The van der Waals surface area contributed by atoms with Gasteiger partial charge in [0, 0.05) is 0 Å². The number of rotatable bonds is 13. The van der Waals surface area contributed by atoms with Gasteiger partial charge in [0.1, 0.15) is 24.4 Å². The third-order valence-electron chi connectivity index (χ3n) is 7.54. The molecule has 0 saturated carbocycles. The Bertz CT molecular complexity index is 1360. The molecule has 224 valence electrons. The molecule has 5 rings (SSSR count). The molecule has 6 nitrogen and oxygen atoms in total. The largest absolute Gasteiger partial charge is 0.453 e. The van der Waals surface area contributed by atoms with E-state index >= 15 is 0 Å². The molecule has 0 aliphatic carbocycles. The smallest absolute Gasteiger partial charge is 0.338 e. The van der Waals surface area contributed by atoms with Crippen LogP contribution in [0.25, 0.3) is 0 Å². The molecule has 0 spiro atoms. The van der Waals surface area contributed by atoms with Crippen molar-refractivity contribution in [2.45, 2.75) is 64.2 Å². The predicted octanol–water partition coefficient (Wildman–Crippen LogP) is 7.02. The van der Waals surface area contributed by atoms with Crippen LogP contribution < -0.4 is 0 Å². The monoisotopic (exact) mass is 580 g/mol. The van der Waals surface area contributed by atoms with Gasteiger partial charge >= 0.3 is 5.97 Å². The number of carbonyl (C=O) groups is 1. The van der Waals surface area contributed by atoms with Crippen LogP contribution in [0.1, 0.15) is 40.9 Å². The van der Waals surface area contributed by atoms with Crippen molar-refractivity contribution in [3.8, 4) is 0 Å². The lowest BCUT2D eigenvalue weighted by Gasteiger charge is -2.47. The molecule has 0 bridgehead atoms. The van der Waals surface area contributed by atoms with Crippen molar-refractivity contribution >= 4 is 5.97 Å². The second-order valence-corrected chi connectivity index (χ2v) is 11.1. The van der Waals surface area contributed by atoms with Gasteiger partial charge in [-0.05, 0) is 34.7 Å². The topological polar surface area (TPSA) is 63.2 Å². The van der Waals surface area contributed by atoms with Crippen molar-refractivity contribution in [3.63, 3.8) is 0 Å². The van der Waals surface area contributed by atoms with E-state index in [4.69, 9.17) is 23.7 Å². The second kappa shape index (κ2) is 15.6. The number of esters is 1. The van der Waals surface area contributed by atoms with Crippen molar-refractivity contribution in [2.75, 3.05) is 6.61 Å². The first-order chi connectivity index (χ1) is 21.1. The van der Waals surface area contributed by atoms with Crippen LogP contribution in [0.5, 0.6) is 0 Å². The maximum atomic E-state index is 13.4. The van der Waals surface area contributed by atoms with Crippen molar-refractivity contribution < 1.29 is 28.5 Å². The summed E-state index contributed by atoms with van der Waals surface area (Å²) in [5, 5.41) is 0. The lowest BCUT2D eigenvalue weighted by atomic mass is 9.88. The zero-order chi connectivity index (χ0) is 29.9. The Hall–Kier alpha value is -3.81. The van der Waals surface area contributed by atoms with Crippen LogP contribution in [0, 0.1) is 5.92 Å². The first-order valence-corrected chi connectivity index (χ1v) is 14.9. The van der Waals surface area contributed by atoms with E-state index in [-0.39, 0.29) is 5.92 Å². The van der Waals surface area contributed by atoms with Crippen LogP contribution in [0.2, 0.25) is 0 Å². The summed E-state index contributed by atoms with van der Waals surface area (Å²) in [5.74, 6) is -0.392. The maximum Gasteiger partial charge on any atom is 0.338 e. The molecule has 1 aliphatic rings. The van der Waals surface area contributed by atoms with E-state index < -0.39 is 36.5 Å². The highest BCUT2D eigenvalue weighted by Gasteiger charge is 2.50. The maximum absolute atomic E-state index is 13.4. The van der Waals surface area contributed by atoms with Gasteiger partial charge in [-0.1, -0.05) is 123 Å². The fraction of sp³-hybridized carbons (Fsp3) is 0.324. The van der Waals surface area contributed by atoms with Crippen LogP contribution in [0.15, 0.2) is 121 Å². The first-order valence-electron chi connectivity index (χ1n) is 14.9. The minimum atomic E-state index is -0.706. The normalized spacial score (nSPS) is 21.9. The minimum Gasteiger partial charge on any atom is -0.453 e. The molecule has 0 N–H and O–H groups in total. The Kier molecular flexibility index (Phi) is 11.1. The molecule has 1 aliphatic heterocycles. The Balaban J connectivity index is 1.44. The van der Waals surface area contributed by atoms with Crippen molar-refractivity contribution in [1.29, 1.82) is 0 Å². The average molecular weight is 581 g/mol. The Labute approximate surface area is 254 Å².